The van der Waals surface area contributed by atoms with E-state index in [0.717, 1.165) is 24.6 Å². The van der Waals surface area contributed by atoms with E-state index < -0.39 is 0 Å². The number of hydrogen-bond acceptors (Lipinski definition) is 2. The molecule has 0 saturated carbocycles. The summed E-state index contributed by atoms with van der Waals surface area (Å²) >= 11 is 12.0. The third-order valence-electron chi connectivity index (χ3n) is 4.14. The van der Waals surface area contributed by atoms with Crippen LogP contribution in [0, 0.1) is 0 Å². The number of halogens is 2. The van der Waals surface area contributed by atoms with Gasteiger partial charge in [-0.2, -0.15) is 0 Å². The summed E-state index contributed by atoms with van der Waals surface area (Å²) in [6.45, 7) is 2.84. The zero-order valence-corrected chi connectivity index (χ0v) is 15.0. The van der Waals surface area contributed by atoms with Crippen molar-refractivity contribution in [2.75, 3.05) is 34.2 Å². The molecule has 0 radical (unpaired) electrons. The minimum Gasteiger partial charge on any atom is -0.355 e. The number of guanidine groups is 1. The van der Waals surface area contributed by atoms with Gasteiger partial charge >= 0.3 is 0 Å². The second kappa shape index (κ2) is 8.04. The van der Waals surface area contributed by atoms with Crippen LogP contribution in [0.1, 0.15) is 18.4 Å². The monoisotopic (exact) mass is 342 g/mol. The molecule has 1 aliphatic rings. The predicted octanol–water partition coefficient (Wildman–Crippen LogP) is 3.09. The summed E-state index contributed by atoms with van der Waals surface area (Å²) in [5, 5.41) is 4.63. The molecule has 1 heterocycles. The topological polar surface area (TPSA) is 30.9 Å². The molecule has 1 aliphatic heterocycles. The second-order valence-corrected chi connectivity index (χ2v) is 6.62. The van der Waals surface area contributed by atoms with Crippen molar-refractivity contribution in [2.45, 2.75) is 25.4 Å². The van der Waals surface area contributed by atoms with Gasteiger partial charge in [-0.05, 0) is 44.1 Å². The van der Waals surface area contributed by atoms with Crippen LogP contribution in [0.15, 0.2) is 23.2 Å². The first-order valence-corrected chi connectivity index (χ1v) is 8.33. The van der Waals surface area contributed by atoms with Crippen LogP contribution in [-0.2, 0) is 6.54 Å². The molecule has 1 saturated heterocycles. The lowest BCUT2D eigenvalue weighted by Gasteiger charge is -2.26. The maximum atomic E-state index is 6.07. The van der Waals surface area contributed by atoms with E-state index in [9.17, 15) is 0 Å². The molecular formula is C16H24Cl2N4. The lowest BCUT2D eigenvalue weighted by Crippen LogP contribution is -2.44. The highest BCUT2D eigenvalue weighted by molar-refractivity contribution is 6.42. The van der Waals surface area contributed by atoms with E-state index in [4.69, 9.17) is 23.2 Å². The van der Waals surface area contributed by atoms with Crippen LogP contribution in [0.3, 0.4) is 0 Å². The van der Waals surface area contributed by atoms with Crippen molar-refractivity contribution in [3.05, 3.63) is 33.8 Å². The van der Waals surface area contributed by atoms with Crippen LogP contribution in [-0.4, -0.2) is 56.0 Å². The second-order valence-electron chi connectivity index (χ2n) is 5.81. The normalized spacial score (nSPS) is 19.5. The van der Waals surface area contributed by atoms with Gasteiger partial charge < -0.3 is 15.1 Å². The number of benzene rings is 1. The van der Waals surface area contributed by atoms with Gasteiger partial charge in [-0.3, -0.25) is 4.99 Å². The van der Waals surface area contributed by atoms with Gasteiger partial charge in [-0.15, -0.1) is 0 Å². The molecule has 4 nitrogen and oxygen atoms in total. The Morgan fingerprint density at radius 1 is 1.41 bits per heavy atom. The van der Waals surface area contributed by atoms with Gasteiger partial charge in [0.2, 0.25) is 0 Å². The zero-order chi connectivity index (χ0) is 16.1. The van der Waals surface area contributed by atoms with Gasteiger partial charge in [0.25, 0.3) is 0 Å². The van der Waals surface area contributed by atoms with Crippen LogP contribution in [0.4, 0.5) is 0 Å². The molecule has 6 heteroatoms. The molecule has 1 aromatic carbocycles. The predicted molar refractivity (Wildman–Crippen MR) is 94.9 cm³/mol. The highest BCUT2D eigenvalue weighted by atomic mass is 35.5. The van der Waals surface area contributed by atoms with Gasteiger partial charge in [-0.1, -0.05) is 29.3 Å². The van der Waals surface area contributed by atoms with Crippen LogP contribution in [0.2, 0.25) is 10.0 Å². The van der Waals surface area contributed by atoms with Crippen LogP contribution < -0.4 is 5.32 Å². The molecule has 1 N–H and O–H groups in total. The fourth-order valence-electron chi connectivity index (χ4n) is 2.82. The van der Waals surface area contributed by atoms with Gasteiger partial charge in [0.05, 0.1) is 10.0 Å². The molecule has 2 rings (SSSR count). The SMILES string of the molecule is CN=C(NCC1CCCN1C)N(C)Cc1ccc(Cl)c(Cl)c1. The lowest BCUT2D eigenvalue weighted by atomic mass is 10.2. The summed E-state index contributed by atoms with van der Waals surface area (Å²) in [6, 6.07) is 6.31. The molecule has 0 amide bonds. The molecule has 1 unspecified atom stereocenters. The van der Waals surface area contributed by atoms with Gasteiger partial charge in [-0.25, -0.2) is 0 Å². The van der Waals surface area contributed by atoms with Crippen molar-refractivity contribution in [2.24, 2.45) is 4.99 Å². The minimum atomic E-state index is 0.583. The van der Waals surface area contributed by atoms with E-state index in [1.54, 1.807) is 0 Å². The molecule has 122 valence electrons. The number of aliphatic imine (C=N–C) groups is 1. The average molecular weight is 343 g/mol. The van der Waals surface area contributed by atoms with E-state index in [1.807, 2.05) is 32.3 Å². The quantitative estimate of drug-likeness (QED) is 0.673. The van der Waals surface area contributed by atoms with Crippen molar-refractivity contribution in [1.29, 1.82) is 0 Å². The summed E-state index contributed by atoms with van der Waals surface area (Å²) in [7, 11) is 6.02. The largest absolute Gasteiger partial charge is 0.355 e. The highest BCUT2D eigenvalue weighted by Gasteiger charge is 2.21. The first-order chi connectivity index (χ1) is 10.5. The number of hydrogen-bond donors (Lipinski definition) is 1. The first kappa shape index (κ1) is 17.4. The Bertz CT molecular complexity index is 533. The Kier molecular flexibility index (Phi) is 6.36. The molecule has 0 aromatic heterocycles. The van der Waals surface area contributed by atoms with Crippen LogP contribution >= 0.6 is 23.2 Å². The van der Waals surface area contributed by atoms with Crippen LogP contribution in [0.25, 0.3) is 0 Å². The van der Waals surface area contributed by atoms with E-state index in [0.29, 0.717) is 16.1 Å². The van der Waals surface area contributed by atoms with Crippen LogP contribution in [0.5, 0.6) is 0 Å². The zero-order valence-electron chi connectivity index (χ0n) is 13.4. The summed E-state index contributed by atoms with van der Waals surface area (Å²) in [6.07, 6.45) is 2.53. The van der Waals surface area contributed by atoms with Gasteiger partial charge in [0, 0.05) is 33.2 Å². The summed E-state index contributed by atoms with van der Waals surface area (Å²) < 4.78 is 0. The van der Waals surface area contributed by atoms with E-state index >= 15 is 0 Å². The number of likely N-dealkylation sites (N-methyl/N-ethyl adjacent to an activating group) is 1. The number of nitrogens with zero attached hydrogens (tertiary/aromatic N) is 3. The maximum absolute atomic E-state index is 6.07. The Hall–Kier alpha value is -0.970. The molecule has 0 bridgehead atoms. The summed E-state index contributed by atoms with van der Waals surface area (Å²) in [4.78, 5) is 8.86. The Morgan fingerprint density at radius 2 is 2.18 bits per heavy atom. The Labute approximate surface area is 143 Å². The molecule has 0 aliphatic carbocycles. The summed E-state index contributed by atoms with van der Waals surface area (Å²) in [5.74, 6) is 0.895. The highest BCUT2D eigenvalue weighted by Crippen LogP contribution is 2.23. The molecule has 1 atom stereocenters. The minimum absolute atomic E-state index is 0.583. The number of likely N-dealkylation sites (tertiary alicyclic amines) is 1. The van der Waals surface area contributed by atoms with E-state index in [2.05, 4.69) is 27.2 Å². The lowest BCUT2D eigenvalue weighted by molar-refractivity contribution is 0.306. The Balaban J connectivity index is 1.91. The first-order valence-electron chi connectivity index (χ1n) is 7.57. The standard InChI is InChI=1S/C16H24Cl2N4/c1-19-16(20-10-13-5-4-8-21(13)2)22(3)11-12-6-7-14(17)15(18)9-12/h6-7,9,13H,4-5,8,10-11H2,1-3H3,(H,19,20). The van der Waals surface area contributed by atoms with Crippen molar-refractivity contribution in [3.8, 4) is 0 Å². The molecule has 1 aromatic rings. The smallest absolute Gasteiger partial charge is 0.193 e. The summed E-state index contributed by atoms with van der Waals surface area (Å²) in [5.41, 5.74) is 1.11. The molecular weight excluding hydrogens is 319 g/mol. The van der Waals surface area contributed by atoms with Crippen molar-refractivity contribution in [3.63, 3.8) is 0 Å². The Morgan fingerprint density at radius 3 is 2.77 bits per heavy atom. The fourth-order valence-corrected chi connectivity index (χ4v) is 3.14. The van der Waals surface area contributed by atoms with Crippen molar-refractivity contribution in [1.82, 2.24) is 15.1 Å². The molecule has 22 heavy (non-hydrogen) atoms. The number of rotatable bonds is 4. The van der Waals surface area contributed by atoms with Gasteiger partial charge in [0.15, 0.2) is 5.96 Å². The third kappa shape index (κ3) is 4.51. The van der Waals surface area contributed by atoms with Gasteiger partial charge in [0.1, 0.15) is 0 Å². The van der Waals surface area contributed by atoms with E-state index in [-0.39, 0.29) is 0 Å². The molecule has 0 spiro atoms. The van der Waals surface area contributed by atoms with E-state index in [1.165, 1.54) is 19.4 Å². The maximum Gasteiger partial charge on any atom is 0.193 e. The average Bonchev–Trinajstić information content (AvgIpc) is 2.89. The third-order valence-corrected chi connectivity index (χ3v) is 4.88. The van der Waals surface area contributed by atoms with Crippen molar-refractivity contribution >= 4 is 29.2 Å². The van der Waals surface area contributed by atoms with Crippen molar-refractivity contribution < 1.29 is 0 Å². The molecule has 1 fully saturated rings. The fraction of sp³-hybridized carbons (Fsp3) is 0.562. The number of nitrogens with one attached hydrogen (secondary N) is 1.